The average molecular weight is 192 g/mol. The molecule has 1 aromatic carbocycles. The van der Waals surface area contributed by atoms with Crippen molar-refractivity contribution in [3.63, 3.8) is 0 Å². The zero-order chi connectivity index (χ0) is 9.97. The molecule has 0 atom stereocenters. The van der Waals surface area contributed by atoms with Gasteiger partial charge in [-0.05, 0) is 25.0 Å². The van der Waals surface area contributed by atoms with Crippen LogP contribution in [0, 0.1) is 0 Å². The normalized spacial score (nSPS) is 15.9. The van der Waals surface area contributed by atoms with Crippen molar-refractivity contribution in [2.45, 2.75) is 12.8 Å². The molecule has 3 nitrogen and oxygen atoms in total. The molecule has 0 unspecified atom stereocenters. The molecule has 0 radical (unpaired) electrons. The number of hydrogen-bond donors (Lipinski definition) is 1. The summed E-state index contributed by atoms with van der Waals surface area (Å²) in [5.74, 6) is 0.876. The van der Waals surface area contributed by atoms with Crippen molar-refractivity contribution in [1.82, 2.24) is 0 Å². The fourth-order valence-corrected chi connectivity index (χ4v) is 1.88. The Kier molecular flexibility index (Phi) is 2.48. The highest BCUT2D eigenvalue weighted by atomic mass is 16.5. The van der Waals surface area contributed by atoms with Gasteiger partial charge in [-0.15, -0.1) is 0 Å². The molecule has 0 amide bonds. The summed E-state index contributed by atoms with van der Waals surface area (Å²) in [6.07, 6.45) is 2.52. The van der Waals surface area contributed by atoms with Crippen LogP contribution in [0.5, 0.6) is 5.75 Å². The molecule has 2 N–H and O–H groups in total. The first-order valence-corrected chi connectivity index (χ1v) is 5.00. The van der Waals surface area contributed by atoms with E-state index in [0.29, 0.717) is 0 Å². The Morgan fingerprint density at radius 2 is 2.00 bits per heavy atom. The molecule has 1 fully saturated rings. The third-order valence-electron chi connectivity index (χ3n) is 2.68. The first kappa shape index (κ1) is 9.19. The summed E-state index contributed by atoms with van der Waals surface area (Å²) in [6.45, 7) is 2.22. The number of nitrogens with zero attached hydrogens (tertiary/aromatic N) is 1. The third kappa shape index (κ3) is 1.62. The van der Waals surface area contributed by atoms with Gasteiger partial charge in [0.05, 0.1) is 18.5 Å². The van der Waals surface area contributed by atoms with Gasteiger partial charge in [-0.2, -0.15) is 0 Å². The molecule has 2 rings (SSSR count). The Balaban J connectivity index is 2.29. The summed E-state index contributed by atoms with van der Waals surface area (Å²) in [7, 11) is 1.68. The third-order valence-corrected chi connectivity index (χ3v) is 2.68. The molecule has 1 aliphatic rings. The Labute approximate surface area is 84.5 Å². The fraction of sp³-hybridized carbons (Fsp3) is 0.455. The number of rotatable bonds is 2. The summed E-state index contributed by atoms with van der Waals surface area (Å²) in [5, 5.41) is 0. The fourth-order valence-electron chi connectivity index (χ4n) is 1.88. The van der Waals surface area contributed by atoms with Crippen molar-refractivity contribution >= 4 is 11.4 Å². The van der Waals surface area contributed by atoms with Crippen LogP contribution in [0.3, 0.4) is 0 Å². The second-order valence-corrected chi connectivity index (χ2v) is 3.62. The van der Waals surface area contributed by atoms with E-state index in [1.54, 1.807) is 7.11 Å². The lowest BCUT2D eigenvalue weighted by molar-refractivity contribution is 0.415. The quantitative estimate of drug-likeness (QED) is 0.727. The van der Waals surface area contributed by atoms with E-state index in [9.17, 15) is 0 Å². The average Bonchev–Trinajstić information content (AvgIpc) is 2.71. The number of nitrogens with two attached hydrogens (primary N) is 1. The number of benzene rings is 1. The number of anilines is 2. The summed E-state index contributed by atoms with van der Waals surface area (Å²) in [6, 6.07) is 5.82. The van der Waals surface area contributed by atoms with Crippen molar-refractivity contribution in [2.24, 2.45) is 0 Å². The molecular weight excluding hydrogens is 176 g/mol. The lowest BCUT2D eigenvalue weighted by atomic mass is 10.2. The predicted molar refractivity (Wildman–Crippen MR) is 58.9 cm³/mol. The zero-order valence-electron chi connectivity index (χ0n) is 8.49. The van der Waals surface area contributed by atoms with Crippen molar-refractivity contribution in [3.05, 3.63) is 18.2 Å². The number of hydrogen-bond acceptors (Lipinski definition) is 3. The summed E-state index contributed by atoms with van der Waals surface area (Å²) >= 11 is 0. The molecule has 1 heterocycles. The van der Waals surface area contributed by atoms with E-state index in [0.717, 1.165) is 30.2 Å². The van der Waals surface area contributed by atoms with Crippen molar-refractivity contribution in [2.75, 3.05) is 30.8 Å². The number of methoxy groups -OCH3 is 1. The van der Waals surface area contributed by atoms with Gasteiger partial charge in [-0.1, -0.05) is 0 Å². The Morgan fingerprint density at radius 3 is 2.64 bits per heavy atom. The van der Waals surface area contributed by atoms with E-state index in [4.69, 9.17) is 10.5 Å². The maximum atomic E-state index is 5.93. The standard InChI is InChI=1S/C11H16N2O/c1-14-9-4-5-10(12)11(8-9)13-6-2-3-7-13/h4-5,8H,2-3,6-7,12H2,1H3. The molecule has 0 aromatic heterocycles. The highest BCUT2D eigenvalue weighted by molar-refractivity contribution is 5.69. The minimum absolute atomic E-state index is 0.840. The van der Waals surface area contributed by atoms with Crippen LogP contribution in [-0.4, -0.2) is 20.2 Å². The molecule has 76 valence electrons. The monoisotopic (exact) mass is 192 g/mol. The van der Waals surface area contributed by atoms with Gasteiger partial charge in [0.15, 0.2) is 0 Å². The SMILES string of the molecule is COc1ccc(N)c(N2CCCC2)c1. The predicted octanol–water partition coefficient (Wildman–Crippen LogP) is 1.88. The second kappa shape index (κ2) is 3.78. The van der Waals surface area contributed by atoms with E-state index in [2.05, 4.69) is 4.90 Å². The molecule has 3 heteroatoms. The van der Waals surface area contributed by atoms with Crippen molar-refractivity contribution in [1.29, 1.82) is 0 Å². The molecule has 0 saturated carbocycles. The second-order valence-electron chi connectivity index (χ2n) is 3.62. The van der Waals surface area contributed by atoms with Crippen LogP contribution < -0.4 is 15.4 Å². The van der Waals surface area contributed by atoms with Crippen LogP contribution in [-0.2, 0) is 0 Å². The molecule has 14 heavy (non-hydrogen) atoms. The Hall–Kier alpha value is -1.38. The Bertz CT molecular complexity index is 319. The van der Waals surface area contributed by atoms with Gasteiger partial charge in [-0.25, -0.2) is 0 Å². The molecule has 0 aliphatic carbocycles. The van der Waals surface area contributed by atoms with E-state index >= 15 is 0 Å². The molecule has 0 spiro atoms. The lowest BCUT2D eigenvalue weighted by Crippen LogP contribution is -2.18. The highest BCUT2D eigenvalue weighted by Gasteiger charge is 2.15. The van der Waals surface area contributed by atoms with E-state index in [1.165, 1.54) is 12.8 Å². The number of nitrogen functional groups attached to an aromatic ring is 1. The van der Waals surface area contributed by atoms with Crippen LogP contribution in [0.2, 0.25) is 0 Å². The minimum atomic E-state index is 0.840. The van der Waals surface area contributed by atoms with Crippen LogP contribution in [0.15, 0.2) is 18.2 Å². The molecule has 0 bridgehead atoms. The van der Waals surface area contributed by atoms with Gasteiger partial charge in [0, 0.05) is 19.2 Å². The van der Waals surface area contributed by atoms with Gasteiger partial charge in [0.25, 0.3) is 0 Å². The van der Waals surface area contributed by atoms with Gasteiger partial charge in [-0.3, -0.25) is 0 Å². The summed E-state index contributed by atoms with van der Waals surface area (Å²) in [4.78, 5) is 2.32. The highest BCUT2D eigenvalue weighted by Crippen LogP contribution is 2.30. The smallest absolute Gasteiger partial charge is 0.121 e. The first-order chi connectivity index (χ1) is 6.81. The van der Waals surface area contributed by atoms with Crippen molar-refractivity contribution < 1.29 is 4.74 Å². The lowest BCUT2D eigenvalue weighted by Gasteiger charge is -2.20. The first-order valence-electron chi connectivity index (χ1n) is 5.00. The van der Waals surface area contributed by atoms with Crippen LogP contribution >= 0.6 is 0 Å². The largest absolute Gasteiger partial charge is 0.497 e. The van der Waals surface area contributed by atoms with Gasteiger partial charge < -0.3 is 15.4 Å². The molecule has 1 saturated heterocycles. The van der Waals surface area contributed by atoms with Crippen LogP contribution in [0.25, 0.3) is 0 Å². The van der Waals surface area contributed by atoms with Gasteiger partial charge in [0.1, 0.15) is 5.75 Å². The van der Waals surface area contributed by atoms with Gasteiger partial charge >= 0.3 is 0 Å². The molecular formula is C11H16N2O. The van der Waals surface area contributed by atoms with Crippen molar-refractivity contribution in [3.8, 4) is 5.75 Å². The zero-order valence-corrected chi connectivity index (χ0v) is 8.49. The van der Waals surface area contributed by atoms with E-state index in [1.807, 2.05) is 18.2 Å². The summed E-state index contributed by atoms with van der Waals surface area (Å²) < 4.78 is 5.19. The van der Waals surface area contributed by atoms with Gasteiger partial charge in [0.2, 0.25) is 0 Å². The van der Waals surface area contributed by atoms with E-state index in [-0.39, 0.29) is 0 Å². The van der Waals surface area contributed by atoms with Crippen LogP contribution in [0.1, 0.15) is 12.8 Å². The molecule has 1 aromatic rings. The maximum Gasteiger partial charge on any atom is 0.121 e. The number of ether oxygens (including phenoxy) is 1. The Morgan fingerprint density at radius 1 is 1.29 bits per heavy atom. The molecule has 1 aliphatic heterocycles. The summed E-state index contributed by atoms with van der Waals surface area (Å²) in [5.41, 5.74) is 7.88. The van der Waals surface area contributed by atoms with Crippen LogP contribution in [0.4, 0.5) is 11.4 Å². The topological polar surface area (TPSA) is 38.5 Å². The van der Waals surface area contributed by atoms with E-state index < -0.39 is 0 Å². The maximum absolute atomic E-state index is 5.93. The minimum Gasteiger partial charge on any atom is -0.497 e.